The van der Waals surface area contributed by atoms with E-state index in [-0.39, 0.29) is 5.56 Å². The zero-order valence-electron chi connectivity index (χ0n) is 9.91. The van der Waals surface area contributed by atoms with Crippen LogP contribution in [0, 0.1) is 0 Å². The van der Waals surface area contributed by atoms with E-state index in [1.165, 1.54) is 19.3 Å². The number of hydrogen-bond acceptors (Lipinski definition) is 2. The molecule has 0 aliphatic rings. The van der Waals surface area contributed by atoms with Crippen LogP contribution < -0.4 is 4.74 Å². The fourth-order valence-electron chi connectivity index (χ4n) is 1.48. The van der Waals surface area contributed by atoms with Gasteiger partial charge in [-0.2, -0.15) is 0 Å². The quantitative estimate of drug-likeness (QED) is 0.771. The van der Waals surface area contributed by atoms with Crippen LogP contribution in [0.5, 0.6) is 5.75 Å². The third-order valence-electron chi connectivity index (χ3n) is 2.44. The first kappa shape index (κ1) is 14.0. The first-order valence-electron chi connectivity index (χ1n) is 5.80. The maximum absolute atomic E-state index is 10.8. The maximum atomic E-state index is 10.8. The molecular weight excluding hydrogens is 284 g/mol. The number of unbranched alkanes of at least 4 members (excludes halogenated alkanes) is 3. The SMILES string of the molecule is CCCCCCOc1ccc(C(=O)O)c(Br)c1. The van der Waals surface area contributed by atoms with Gasteiger partial charge in [-0.15, -0.1) is 0 Å². The molecular formula is C13H17BrO3. The fourth-order valence-corrected chi connectivity index (χ4v) is 2.01. The van der Waals surface area contributed by atoms with Crippen LogP contribution in [0.25, 0.3) is 0 Å². The van der Waals surface area contributed by atoms with Gasteiger partial charge in [0.05, 0.1) is 12.2 Å². The summed E-state index contributed by atoms with van der Waals surface area (Å²) in [5.74, 6) is -0.232. The third kappa shape index (κ3) is 4.77. The predicted octanol–water partition coefficient (Wildman–Crippen LogP) is 4.11. The minimum atomic E-state index is -0.939. The highest BCUT2D eigenvalue weighted by molar-refractivity contribution is 9.10. The second-order valence-electron chi connectivity index (χ2n) is 3.86. The van der Waals surface area contributed by atoms with Gasteiger partial charge in [0.2, 0.25) is 0 Å². The molecule has 0 radical (unpaired) electrons. The number of rotatable bonds is 7. The Morgan fingerprint density at radius 3 is 2.71 bits per heavy atom. The zero-order chi connectivity index (χ0) is 12.7. The lowest BCUT2D eigenvalue weighted by Crippen LogP contribution is -2.00. The summed E-state index contributed by atoms with van der Waals surface area (Å²) < 4.78 is 6.10. The van der Waals surface area contributed by atoms with Gasteiger partial charge in [-0.05, 0) is 40.5 Å². The molecule has 0 saturated heterocycles. The van der Waals surface area contributed by atoms with Gasteiger partial charge in [-0.1, -0.05) is 26.2 Å². The lowest BCUT2D eigenvalue weighted by Gasteiger charge is -2.07. The molecule has 0 aromatic heterocycles. The molecule has 0 unspecified atom stereocenters. The number of halogens is 1. The molecule has 4 heteroatoms. The first-order valence-corrected chi connectivity index (χ1v) is 6.60. The van der Waals surface area contributed by atoms with E-state index in [1.54, 1.807) is 18.2 Å². The van der Waals surface area contributed by atoms with Gasteiger partial charge >= 0.3 is 5.97 Å². The van der Waals surface area contributed by atoms with Gasteiger partial charge in [0.15, 0.2) is 0 Å². The van der Waals surface area contributed by atoms with Crippen molar-refractivity contribution in [3.05, 3.63) is 28.2 Å². The molecule has 0 aliphatic carbocycles. The van der Waals surface area contributed by atoms with Crippen LogP contribution in [0.3, 0.4) is 0 Å². The van der Waals surface area contributed by atoms with Crippen molar-refractivity contribution < 1.29 is 14.6 Å². The zero-order valence-corrected chi connectivity index (χ0v) is 11.5. The van der Waals surface area contributed by atoms with E-state index in [0.717, 1.165) is 6.42 Å². The summed E-state index contributed by atoms with van der Waals surface area (Å²) >= 11 is 3.22. The van der Waals surface area contributed by atoms with Crippen LogP contribution in [0.4, 0.5) is 0 Å². The fraction of sp³-hybridized carbons (Fsp3) is 0.462. The first-order chi connectivity index (χ1) is 8.15. The molecule has 17 heavy (non-hydrogen) atoms. The third-order valence-corrected chi connectivity index (χ3v) is 3.09. The van der Waals surface area contributed by atoms with Gasteiger partial charge in [0.1, 0.15) is 5.75 Å². The molecule has 0 bridgehead atoms. The average Bonchev–Trinajstić information content (AvgIpc) is 2.28. The number of ether oxygens (including phenoxy) is 1. The monoisotopic (exact) mass is 300 g/mol. The van der Waals surface area contributed by atoms with E-state index >= 15 is 0 Å². The minimum absolute atomic E-state index is 0.253. The maximum Gasteiger partial charge on any atom is 0.336 e. The summed E-state index contributed by atoms with van der Waals surface area (Å²) in [4.78, 5) is 10.8. The van der Waals surface area contributed by atoms with Gasteiger partial charge in [-0.25, -0.2) is 4.79 Å². The van der Waals surface area contributed by atoms with Crippen molar-refractivity contribution >= 4 is 21.9 Å². The summed E-state index contributed by atoms with van der Waals surface area (Å²) in [6.07, 6.45) is 4.64. The number of hydrogen-bond donors (Lipinski definition) is 1. The smallest absolute Gasteiger partial charge is 0.336 e. The Balaban J connectivity index is 2.45. The molecule has 0 atom stereocenters. The van der Waals surface area contributed by atoms with E-state index in [2.05, 4.69) is 22.9 Å². The average molecular weight is 301 g/mol. The van der Waals surface area contributed by atoms with Crippen molar-refractivity contribution in [1.82, 2.24) is 0 Å². The Kier molecular flexibility index (Phi) is 6.05. The van der Waals surface area contributed by atoms with Crippen LogP contribution in [0.2, 0.25) is 0 Å². The largest absolute Gasteiger partial charge is 0.494 e. The van der Waals surface area contributed by atoms with Gasteiger partial charge < -0.3 is 9.84 Å². The van der Waals surface area contributed by atoms with Crippen molar-refractivity contribution in [3.8, 4) is 5.75 Å². The lowest BCUT2D eigenvalue weighted by atomic mass is 10.2. The second kappa shape index (κ2) is 7.33. The van der Waals surface area contributed by atoms with Crippen molar-refractivity contribution in [1.29, 1.82) is 0 Å². The van der Waals surface area contributed by atoms with E-state index in [1.807, 2.05) is 0 Å². The Bertz CT molecular complexity index is 377. The minimum Gasteiger partial charge on any atom is -0.494 e. The molecule has 3 nitrogen and oxygen atoms in total. The highest BCUT2D eigenvalue weighted by atomic mass is 79.9. The normalized spacial score (nSPS) is 10.2. The molecule has 1 aromatic carbocycles. The number of carboxylic acid groups (broad SMARTS) is 1. The van der Waals surface area contributed by atoms with Crippen LogP contribution in [0.15, 0.2) is 22.7 Å². The van der Waals surface area contributed by atoms with Gasteiger partial charge in [-0.3, -0.25) is 0 Å². The van der Waals surface area contributed by atoms with E-state index < -0.39 is 5.97 Å². The summed E-state index contributed by atoms with van der Waals surface area (Å²) in [7, 11) is 0. The summed E-state index contributed by atoms with van der Waals surface area (Å²) in [6.45, 7) is 2.85. The van der Waals surface area contributed by atoms with Crippen LogP contribution in [-0.2, 0) is 0 Å². The Morgan fingerprint density at radius 2 is 2.12 bits per heavy atom. The number of aromatic carboxylic acids is 1. The lowest BCUT2D eigenvalue weighted by molar-refractivity contribution is 0.0696. The molecule has 0 fully saturated rings. The Labute approximate surface area is 110 Å². The van der Waals surface area contributed by atoms with Crippen molar-refractivity contribution in [3.63, 3.8) is 0 Å². The molecule has 0 saturated carbocycles. The van der Waals surface area contributed by atoms with E-state index in [4.69, 9.17) is 9.84 Å². The Morgan fingerprint density at radius 1 is 1.35 bits per heavy atom. The van der Waals surface area contributed by atoms with Crippen LogP contribution in [0.1, 0.15) is 43.0 Å². The standard InChI is InChI=1S/C13H17BrO3/c1-2-3-4-5-8-17-10-6-7-11(13(15)16)12(14)9-10/h6-7,9H,2-5,8H2,1H3,(H,15,16). The summed E-state index contributed by atoms with van der Waals surface area (Å²) in [6, 6.07) is 4.94. The topological polar surface area (TPSA) is 46.5 Å². The molecule has 1 rings (SSSR count). The van der Waals surface area contributed by atoms with Crippen LogP contribution >= 0.6 is 15.9 Å². The Hall–Kier alpha value is -1.03. The molecule has 0 aliphatic heterocycles. The molecule has 1 aromatic rings. The van der Waals surface area contributed by atoms with E-state index in [9.17, 15) is 4.79 Å². The highest BCUT2D eigenvalue weighted by Crippen LogP contribution is 2.23. The van der Waals surface area contributed by atoms with Crippen molar-refractivity contribution in [2.75, 3.05) is 6.61 Å². The van der Waals surface area contributed by atoms with Crippen molar-refractivity contribution in [2.45, 2.75) is 32.6 Å². The summed E-state index contributed by atoms with van der Waals surface area (Å²) in [5.41, 5.74) is 0.253. The second-order valence-corrected chi connectivity index (χ2v) is 4.71. The van der Waals surface area contributed by atoms with Crippen molar-refractivity contribution in [2.24, 2.45) is 0 Å². The molecule has 0 heterocycles. The van der Waals surface area contributed by atoms with Crippen LogP contribution in [-0.4, -0.2) is 17.7 Å². The number of benzene rings is 1. The highest BCUT2D eigenvalue weighted by Gasteiger charge is 2.08. The van der Waals surface area contributed by atoms with Gasteiger partial charge in [0.25, 0.3) is 0 Å². The summed E-state index contributed by atoms with van der Waals surface area (Å²) in [5, 5.41) is 8.86. The number of carboxylic acids is 1. The number of carbonyl (C=O) groups is 1. The molecule has 1 N–H and O–H groups in total. The molecule has 94 valence electrons. The van der Waals surface area contributed by atoms with E-state index in [0.29, 0.717) is 16.8 Å². The van der Waals surface area contributed by atoms with Gasteiger partial charge in [0, 0.05) is 4.47 Å². The molecule has 0 amide bonds. The predicted molar refractivity (Wildman–Crippen MR) is 70.7 cm³/mol. The molecule has 0 spiro atoms.